The van der Waals surface area contributed by atoms with Crippen LogP contribution in [-0.4, -0.2) is 50.2 Å². The van der Waals surface area contributed by atoms with Gasteiger partial charge in [0.15, 0.2) is 11.5 Å². The second-order valence-electron chi connectivity index (χ2n) is 5.80. The number of piperidine rings is 1. The lowest BCUT2D eigenvalue weighted by Crippen LogP contribution is -2.48. The maximum Gasteiger partial charge on any atom is 0.315 e. The molecule has 1 fully saturated rings. The molecule has 0 radical (unpaired) electrons. The van der Waals surface area contributed by atoms with Crippen LogP contribution in [0.4, 0.5) is 4.79 Å². The number of hydrogen-bond acceptors (Lipinski definition) is 4. The third kappa shape index (κ3) is 4.78. The minimum absolute atomic E-state index is 0.0892. The Labute approximate surface area is 142 Å². The molecule has 0 bridgehead atoms. The molecule has 1 aromatic carbocycles. The number of carbonyl (C=O) groups is 2. The number of nitrogens with one attached hydrogen (secondary N) is 2. The zero-order valence-electron chi connectivity index (χ0n) is 14.4. The average molecular weight is 335 g/mol. The predicted molar refractivity (Wildman–Crippen MR) is 90.2 cm³/mol. The van der Waals surface area contributed by atoms with Gasteiger partial charge in [0.2, 0.25) is 5.91 Å². The number of amides is 3. The van der Waals surface area contributed by atoms with Crippen molar-refractivity contribution in [3.05, 3.63) is 23.8 Å². The van der Waals surface area contributed by atoms with Crippen LogP contribution in [0.25, 0.3) is 0 Å². The van der Waals surface area contributed by atoms with E-state index in [0.717, 1.165) is 18.4 Å². The van der Waals surface area contributed by atoms with Gasteiger partial charge in [-0.15, -0.1) is 0 Å². The summed E-state index contributed by atoms with van der Waals surface area (Å²) in [5.74, 6) is 1.38. The van der Waals surface area contributed by atoms with E-state index in [1.165, 1.54) is 0 Å². The maximum atomic E-state index is 12.0. The van der Waals surface area contributed by atoms with E-state index in [1.807, 2.05) is 18.2 Å². The molecule has 0 saturated carbocycles. The third-order valence-electron chi connectivity index (χ3n) is 4.18. The second kappa shape index (κ2) is 8.42. The molecule has 2 rings (SSSR count). The number of rotatable bonds is 5. The Kier molecular flexibility index (Phi) is 6.28. The second-order valence-corrected chi connectivity index (χ2v) is 5.80. The topological polar surface area (TPSA) is 79.9 Å². The molecule has 0 unspecified atom stereocenters. The summed E-state index contributed by atoms with van der Waals surface area (Å²) >= 11 is 0. The van der Waals surface area contributed by atoms with Gasteiger partial charge in [0, 0.05) is 32.6 Å². The Hall–Kier alpha value is -2.44. The van der Waals surface area contributed by atoms with Crippen LogP contribution in [0.15, 0.2) is 18.2 Å². The first-order valence-electron chi connectivity index (χ1n) is 8.04. The summed E-state index contributed by atoms with van der Waals surface area (Å²) in [6, 6.07) is 5.43. The van der Waals surface area contributed by atoms with Gasteiger partial charge < -0.3 is 25.0 Å². The van der Waals surface area contributed by atoms with Crippen molar-refractivity contribution in [2.24, 2.45) is 0 Å². The van der Waals surface area contributed by atoms with E-state index in [-0.39, 0.29) is 18.0 Å². The highest BCUT2D eigenvalue weighted by molar-refractivity contribution is 5.75. The Morgan fingerprint density at radius 2 is 1.83 bits per heavy atom. The van der Waals surface area contributed by atoms with Gasteiger partial charge in [-0.25, -0.2) is 4.79 Å². The molecule has 1 aliphatic rings. The van der Waals surface area contributed by atoms with Crippen LogP contribution < -0.4 is 20.1 Å². The van der Waals surface area contributed by atoms with Gasteiger partial charge in [-0.1, -0.05) is 6.07 Å². The molecule has 1 saturated heterocycles. The molecule has 0 spiro atoms. The minimum atomic E-state index is -0.203. The average Bonchev–Trinajstić information content (AvgIpc) is 2.60. The molecular weight excluding hydrogens is 310 g/mol. The van der Waals surface area contributed by atoms with Gasteiger partial charge in [0.25, 0.3) is 0 Å². The summed E-state index contributed by atoms with van der Waals surface area (Å²) in [4.78, 5) is 25.1. The van der Waals surface area contributed by atoms with Crippen LogP contribution in [0.2, 0.25) is 0 Å². The number of methoxy groups -OCH3 is 2. The van der Waals surface area contributed by atoms with E-state index < -0.39 is 0 Å². The molecule has 7 heteroatoms. The molecule has 1 aromatic rings. The molecule has 1 heterocycles. The lowest BCUT2D eigenvalue weighted by atomic mass is 10.1. The highest BCUT2D eigenvalue weighted by Crippen LogP contribution is 2.27. The van der Waals surface area contributed by atoms with Gasteiger partial charge in [0.1, 0.15) is 0 Å². The molecule has 0 atom stereocenters. The fourth-order valence-corrected chi connectivity index (χ4v) is 2.75. The Bertz CT molecular complexity index is 583. The first-order valence-corrected chi connectivity index (χ1v) is 8.04. The van der Waals surface area contributed by atoms with E-state index in [0.29, 0.717) is 31.1 Å². The summed E-state index contributed by atoms with van der Waals surface area (Å²) < 4.78 is 10.4. The smallest absolute Gasteiger partial charge is 0.315 e. The highest BCUT2D eigenvalue weighted by Gasteiger charge is 2.21. The monoisotopic (exact) mass is 335 g/mol. The molecule has 0 aliphatic carbocycles. The molecule has 7 nitrogen and oxygen atoms in total. The summed E-state index contributed by atoms with van der Waals surface area (Å²) in [6.07, 6.45) is 1.56. The zero-order valence-corrected chi connectivity index (χ0v) is 14.4. The number of likely N-dealkylation sites (tertiary alicyclic amines) is 1. The van der Waals surface area contributed by atoms with Crippen LogP contribution >= 0.6 is 0 Å². The van der Waals surface area contributed by atoms with Crippen molar-refractivity contribution >= 4 is 11.9 Å². The summed E-state index contributed by atoms with van der Waals surface area (Å²) in [7, 11) is 3.16. The van der Waals surface area contributed by atoms with E-state index in [2.05, 4.69) is 10.6 Å². The van der Waals surface area contributed by atoms with Crippen LogP contribution in [0.3, 0.4) is 0 Å². The Morgan fingerprint density at radius 3 is 2.42 bits per heavy atom. The van der Waals surface area contributed by atoms with Crippen molar-refractivity contribution in [1.82, 2.24) is 15.5 Å². The van der Waals surface area contributed by atoms with E-state index in [4.69, 9.17) is 9.47 Å². The molecular formula is C17H25N3O4. The predicted octanol–water partition coefficient (Wildman–Crippen LogP) is 1.51. The molecule has 3 amide bonds. The van der Waals surface area contributed by atoms with Crippen LogP contribution in [0.5, 0.6) is 11.5 Å². The van der Waals surface area contributed by atoms with Gasteiger partial charge in [0.05, 0.1) is 14.2 Å². The van der Waals surface area contributed by atoms with Crippen molar-refractivity contribution < 1.29 is 19.1 Å². The number of ether oxygens (including phenoxy) is 2. The van der Waals surface area contributed by atoms with Gasteiger partial charge in [-0.05, 0) is 30.5 Å². The molecule has 0 aromatic heterocycles. The van der Waals surface area contributed by atoms with E-state index >= 15 is 0 Å². The number of nitrogens with zero attached hydrogens (tertiary/aromatic N) is 1. The SMILES string of the molecule is COc1ccc(CNC(=O)NC2CCN(C(C)=O)CC2)cc1OC. The van der Waals surface area contributed by atoms with Crippen molar-refractivity contribution in [3.63, 3.8) is 0 Å². The summed E-state index contributed by atoms with van der Waals surface area (Å²) in [5.41, 5.74) is 0.925. The number of hydrogen-bond donors (Lipinski definition) is 2. The Balaban J connectivity index is 1.78. The van der Waals surface area contributed by atoms with E-state index in [9.17, 15) is 9.59 Å². The van der Waals surface area contributed by atoms with Crippen molar-refractivity contribution in [1.29, 1.82) is 0 Å². The van der Waals surface area contributed by atoms with Crippen LogP contribution in [0.1, 0.15) is 25.3 Å². The van der Waals surface area contributed by atoms with Crippen molar-refractivity contribution in [3.8, 4) is 11.5 Å². The quantitative estimate of drug-likeness (QED) is 0.855. The third-order valence-corrected chi connectivity index (χ3v) is 4.18. The standard InChI is InChI=1S/C17H25N3O4/c1-12(21)20-8-6-14(7-9-20)19-17(22)18-11-13-4-5-15(23-2)16(10-13)24-3/h4-5,10,14H,6-9,11H2,1-3H3,(H2,18,19,22). The lowest BCUT2D eigenvalue weighted by Gasteiger charge is -2.31. The zero-order chi connectivity index (χ0) is 17.5. The molecule has 2 N–H and O–H groups in total. The molecule has 24 heavy (non-hydrogen) atoms. The minimum Gasteiger partial charge on any atom is -0.493 e. The highest BCUT2D eigenvalue weighted by atomic mass is 16.5. The normalized spacial score (nSPS) is 14.9. The largest absolute Gasteiger partial charge is 0.493 e. The lowest BCUT2D eigenvalue weighted by molar-refractivity contribution is -0.129. The van der Waals surface area contributed by atoms with Crippen LogP contribution in [-0.2, 0) is 11.3 Å². The van der Waals surface area contributed by atoms with Crippen molar-refractivity contribution in [2.75, 3.05) is 27.3 Å². The van der Waals surface area contributed by atoms with E-state index in [1.54, 1.807) is 26.0 Å². The molecule has 132 valence electrons. The summed E-state index contributed by atoms with van der Waals surface area (Å²) in [5, 5.41) is 5.80. The van der Waals surface area contributed by atoms with Gasteiger partial charge in [-0.2, -0.15) is 0 Å². The van der Waals surface area contributed by atoms with Gasteiger partial charge >= 0.3 is 6.03 Å². The number of urea groups is 1. The maximum absolute atomic E-state index is 12.0. The summed E-state index contributed by atoms with van der Waals surface area (Å²) in [6.45, 7) is 3.36. The first-order chi connectivity index (χ1) is 11.5. The number of benzene rings is 1. The fourth-order valence-electron chi connectivity index (χ4n) is 2.75. The number of carbonyl (C=O) groups excluding carboxylic acids is 2. The first kappa shape index (κ1) is 17.9. The molecule has 1 aliphatic heterocycles. The fraction of sp³-hybridized carbons (Fsp3) is 0.529. The Morgan fingerprint density at radius 1 is 1.17 bits per heavy atom. The van der Waals surface area contributed by atoms with Gasteiger partial charge in [-0.3, -0.25) is 4.79 Å². The van der Waals surface area contributed by atoms with Crippen LogP contribution in [0, 0.1) is 0 Å². The van der Waals surface area contributed by atoms with Crippen molar-refractivity contribution in [2.45, 2.75) is 32.4 Å².